The van der Waals surface area contributed by atoms with Crippen LogP contribution in [-0.2, 0) is 0 Å². The maximum absolute atomic E-state index is 12.7. The molecule has 6 nitrogen and oxygen atoms in total. The normalized spacial score (nSPS) is 14.8. The average Bonchev–Trinajstić information content (AvgIpc) is 2.97. The first kappa shape index (κ1) is 17.1. The van der Waals surface area contributed by atoms with Crippen LogP contribution in [0.15, 0.2) is 43.0 Å². The Kier molecular flexibility index (Phi) is 3.87. The van der Waals surface area contributed by atoms with Gasteiger partial charge >= 0.3 is 6.18 Å². The molecule has 0 amide bonds. The first-order valence-corrected chi connectivity index (χ1v) is 8.04. The van der Waals surface area contributed by atoms with E-state index in [1.165, 1.54) is 12.5 Å². The largest absolute Gasteiger partial charge is 0.408 e. The van der Waals surface area contributed by atoms with Gasteiger partial charge in [-0.25, -0.2) is 19.9 Å². The summed E-state index contributed by atoms with van der Waals surface area (Å²) in [5.41, 5.74) is 3.36. The zero-order chi connectivity index (χ0) is 19.2. The topological polar surface area (TPSA) is 87.4 Å². The lowest BCUT2D eigenvalue weighted by Gasteiger charge is -2.17. The maximum Gasteiger partial charge on any atom is 0.408 e. The second kappa shape index (κ2) is 6.11. The predicted octanol–water partition coefficient (Wildman–Crippen LogP) is 3.60. The van der Waals surface area contributed by atoms with E-state index >= 15 is 0 Å². The number of nitrogens with one attached hydrogen (secondary N) is 2. The molecule has 1 aliphatic carbocycles. The zero-order valence-corrected chi connectivity index (χ0v) is 14.0. The molecule has 0 aliphatic heterocycles. The van der Waals surface area contributed by atoms with Gasteiger partial charge in [0.15, 0.2) is 0 Å². The smallest absolute Gasteiger partial charge is 0.343 e. The van der Waals surface area contributed by atoms with Crippen molar-refractivity contribution >= 4 is 28.1 Å². The van der Waals surface area contributed by atoms with Gasteiger partial charge in [0.1, 0.15) is 18.1 Å². The minimum atomic E-state index is -4.41. The molecule has 4 rings (SSSR count). The summed E-state index contributed by atoms with van der Waals surface area (Å²) >= 11 is 0. The fourth-order valence-electron chi connectivity index (χ4n) is 2.81. The van der Waals surface area contributed by atoms with Crippen LogP contribution in [-0.4, -0.2) is 37.9 Å². The molecule has 1 aliphatic rings. The Balaban J connectivity index is 1.69. The summed E-state index contributed by atoms with van der Waals surface area (Å²) in [7, 11) is 0. The van der Waals surface area contributed by atoms with Crippen molar-refractivity contribution in [2.75, 3.05) is 5.32 Å². The number of anilines is 1. The van der Waals surface area contributed by atoms with Crippen LogP contribution in [0.5, 0.6) is 0 Å². The highest BCUT2D eigenvalue weighted by molar-refractivity contribution is 6.19. The standard InChI is InChI=1S/C18H13F3N6/c1-9(18(19,20)21)26-17-24-7-13-12(5-14(22)16(13)27-17)10-2-3-15-11(4-10)6-23-8-25-15/h2-9,22H,1H3,(H,24,26,27)/t9-/m0/s1. The zero-order valence-electron chi connectivity index (χ0n) is 14.0. The van der Waals surface area contributed by atoms with Crippen molar-refractivity contribution in [2.45, 2.75) is 19.1 Å². The Hall–Kier alpha value is -3.36. The summed E-state index contributed by atoms with van der Waals surface area (Å²) in [5.74, 6) is -0.162. The van der Waals surface area contributed by atoms with Crippen molar-refractivity contribution in [3.8, 4) is 0 Å². The highest BCUT2D eigenvalue weighted by atomic mass is 19.4. The number of aromatic nitrogens is 4. The second-order valence-corrected chi connectivity index (χ2v) is 6.13. The summed E-state index contributed by atoms with van der Waals surface area (Å²) in [4.78, 5) is 16.3. The molecule has 2 N–H and O–H groups in total. The third-order valence-corrected chi connectivity index (χ3v) is 4.27. The molecule has 1 aromatic carbocycles. The molecule has 0 unspecified atom stereocenters. The number of benzene rings is 1. The highest BCUT2D eigenvalue weighted by Gasteiger charge is 2.36. The van der Waals surface area contributed by atoms with Crippen molar-refractivity contribution in [2.24, 2.45) is 0 Å². The SMILES string of the molecule is C[C@H](Nc1ncc2c(n1)C(=N)C=C2c1ccc2ncncc2c1)C(F)(F)F. The lowest BCUT2D eigenvalue weighted by molar-refractivity contribution is -0.138. The number of nitrogens with zero attached hydrogens (tertiary/aromatic N) is 4. The molecule has 27 heavy (non-hydrogen) atoms. The molecule has 3 aromatic rings. The van der Waals surface area contributed by atoms with Gasteiger partial charge in [-0.05, 0) is 36.3 Å². The average molecular weight is 370 g/mol. The van der Waals surface area contributed by atoms with Crippen molar-refractivity contribution in [1.29, 1.82) is 5.41 Å². The van der Waals surface area contributed by atoms with Crippen LogP contribution >= 0.6 is 0 Å². The van der Waals surface area contributed by atoms with Crippen molar-refractivity contribution in [1.82, 2.24) is 19.9 Å². The van der Waals surface area contributed by atoms with E-state index in [9.17, 15) is 13.2 Å². The van der Waals surface area contributed by atoms with E-state index in [0.717, 1.165) is 29.0 Å². The Bertz CT molecular complexity index is 1090. The third-order valence-electron chi connectivity index (χ3n) is 4.27. The summed E-state index contributed by atoms with van der Waals surface area (Å²) in [6.07, 6.45) is 1.81. The second-order valence-electron chi connectivity index (χ2n) is 6.13. The fourth-order valence-corrected chi connectivity index (χ4v) is 2.81. The van der Waals surface area contributed by atoms with Gasteiger partial charge in [0, 0.05) is 23.3 Å². The van der Waals surface area contributed by atoms with Gasteiger partial charge in [-0.1, -0.05) is 6.07 Å². The van der Waals surface area contributed by atoms with Crippen LogP contribution in [0.2, 0.25) is 0 Å². The lowest BCUT2D eigenvalue weighted by Crippen LogP contribution is -2.33. The van der Waals surface area contributed by atoms with Gasteiger partial charge in [-0.15, -0.1) is 0 Å². The van der Waals surface area contributed by atoms with E-state index in [-0.39, 0.29) is 11.7 Å². The van der Waals surface area contributed by atoms with Gasteiger partial charge in [-0.2, -0.15) is 13.2 Å². The third kappa shape index (κ3) is 3.12. The fraction of sp³-hybridized carbons (Fsp3) is 0.167. The van der Waals surface area contributed by atoms with Crippen LogP contribution in [0.3, 0.4) is 0 Å². The molecule has 0 bridgehead atoms. The molecule has 2 heterocycles. The molecule has 136 valence electrons. The van der Waals surface area contributed by atoms with E-state index in [1.807, 2.05) is 18.2 Å². The molecule has 0 saturated carbocycles. The molecule has 0 saturated heterocycles. The van der Waals surface area contributed by atoms with Gasteiger partial charge in [0.05, 0.1) is 11.2 Å². The van der Waals surface area contributed by atoms with Gasteiger partial charge in [0.2, 0.25) is 5.95 Å². The number of allylic oxidation sites excluding steroid dienone is 1. The molecule has 9 heteroatoms. The number of fused-ring (bicyclic) bond motifs is 2. The summed E-state index contributed by atoms with van der Waals surface area (Å²) in [5, 5.41) is 11.2. The van der Waals surface area contributed by atoms with Crippen LogP contribution in [0.25, 0.3) is 16.5 Å². The van der Waals surface area contributed by atoms with Crippen LogP contribution in [0.4, 0.5) is 19.1 Å². The Morgan fingerprint density at radius 2 is 1.96 bits per heavy atom. The van der Waals surface area contributed by atoms with Crippen molar-refractivity contribution in [3.63, 3.8) is 0 Å². The van der Waals surface area contributed by atoms with E-state index in [1.54, 1.807) is 12.3 Å². The summed E-state index contributed by atoms with van der Waals surface area (Å²) < 4.78 is 38.1. The molecule has 0 radical (unpaired) electrons. The number of halogens is 3. The van der Waals surface area contributed by atoms with Crippen LogP contribution < -0.4 is 5.32 Å². The molecule has 0 fully saturated rings. The molecular weight excluding hydrogens is 357 g/mol. The minimum Gasteiger partial charge on any atom is -0.343 e. The molecule has 2 aromatic heterocycles. The maximum atomic E-state index is 12.7. The minimum absolute atomic E-state index is 0.120. The first-order chi connectivity index (χ1) is 12.8. The number of alkyl halides is 3. The predicted molar refractivity (Wildman–Crippen MR) is 94.6 cm³/mol. The highest BCUT2D eigenvalue weighted by Crippen LogP contribution is 2.33. The Morgan fingerprint density at radius 3 is 2.74 bits per heavy atom. The number of hydrogen-bond donors (Lipinski definition) is 2. The molecule has 1 atom stereocenters. The number of hydrogen-bond acceptors (Lipinski definition) is 6. The summed E-state index contributed by atoms with van der Waals surface area (Å²) in [6.45, 7) is 0.989. The first-order valence-electron chi connectivity index (χ1n) is 8.04. The Labute approximate surface area is 151 Å². The van der Waals surface area contributed by atoms with E-state index in [4.69, 9.17) is 5.41 Å². The van der Waals surface area contributed by atoms with Crippen LogP contribution in [0, 0.1) is 5.41 Å². The van der Waals surface area contributed by atoms with Gasteiger partial charge < -0.3 is 5.32 Å². The summed E-state index contributed by atoms with van der Waals surface area (Å²) in [6, 6.07) is 3.80. The lowest BCUT2D eigenvalue weighted by atomic mass is 10.0. The van der Waals surface area contributed by atoms with Gasteiger partial charge in [-0.3, -0.25) is 5.41 Å². The van der Waals surface area contributed by atoms with Gasteiger partial charge in [0.25, 0.3) is 0 Å². The Morgan fingerprint density at radius 1 is 1.15 bits per heavy atom. The van der Waals surface area contributed by atoms with E-state index in [2.05, 4.69) is 25.3 Å². The van der Waals surface area contributed by atoms with E-state index in [0.29, 0.717) is 11.3 Å². The van der Waals surface area contributed by atoms with Crippen LogP contribution in [0.1, 0.15) is 23.7 Å². The van der Waals surface area contributed by atoms with Crippen molar-refractivity contribution in [3.05, 3.63) is 59.8 Å². The van der Waals surface area contributed by atoms with E-state index < -0.39 is 12.2 Å². The molecular formula is C18H13F3N6. The monoisotopic (exact) mass is 370 g/mol. The van der Waals surface area contributed by atoms with Crippen molar-refractivity contribution < 1.29 is 13.2 Å². The quantitative estimate of drug-likeness (QED) is 0.736. The number of rotatable bonds is 3. The molecule has 0 spiro atoms.